The van der Waals surface area contributed by atoms with E-state index in [1.54, 1.807) is 0 Å². The van der Waals surface area contributed by atoms with Gasteiger partial charge in [-0.05, 0) is 31.4 Å². The van der Waals surface area contributed by atoms with Gasteiger partial charge in [0.15, 0.2) is 5.82 Å². The fourth-order valence-electron chi connectivity index (χ4n) is 3.28. The van der Waals surface area contributed by atoms with E-state index in [9.17, 15) is 0 Å². The molecule has 3 rings (SSSR count). The van der Waals surface area contributed by atoms with Crippen LogP contribution in [0.25, 0.3) is 0 Å². The average Bonchev–Trinajstić information content (AvgIpc) is 2.96. The van der Waals surface area contributed by atoms with E-state index in [0.29, 0.717) is 12.0 Å². The SMILES string of the molecule is CNC1CCCCC1Cc1nc(Cc2ccccc2)no1. The Morgan fingerprint density at radius 2 is 2.00 bits per heavy atom. The number of nitrogens with one attached hydrogen (secondary N) is 1. The van der Waals surface area contributed by atoms with Crippen molar-refractivity contribution in [2.24, 2.45) is 5.92 Å². The van der Waals surface area contributed by atoms with E-state index in [1.165, 1.54) is 31.2 Å². The number of hydrogen-bond acceptors (Lipinski definition) is 4. The zero-order valence-corrected chi connectivity index (χ0v) is 12.6. The molecule has 0 amide bonds. The Bertz CT molecular complexity index is 552. The highest BCUT2D eigenvalue weighted by Crippen LogP contribution is 2.27. The van der Waals surface area contributed by atoms with Crippen molar-refractivity contribution in [3.63, 3.8) is 0 Å². The predicted octanol–water partition coefficient (Wildman–Crippen LogP) is 2.98. The van der Waals surface area contributed by atoms with Crippen LogP contribution in [-0.2, 0) is 12.8 Å². The van der Waals surface area contributed by atoms with Crippen molar-refractivity contribution >= 4 is 0 Å². The summed E-state index contributed by atoms with van der Waals surface area (Å²) in [5, 5.41) is 7.55. The molecule has 0 saturated heterocycles. The van der Waals surface area contributed by atoms with Crippen molar-refractivity contribution in [3.8, 4) is 0 Å². The maximum absolute atomic E-state index is 5.44. The molecule has 0 radical (unpaired) electrons. The molecule has 112 valence electrons. The molecule has 4 heteroatoms. The zero-order chi connectivity index (χ0) is 14.5. The van der Waals surface area contributed by atoms with Gasteiger partial charge in [-0.15, -0.1) is 0 Å². The van der Waals surface area contributed by atoms with Crippen LogP contribution < -0.4 is 5.32 Å². The summed E-state index contributed by atoms with van der Waals surface area (Å²) in [4.78, 5) is 4.56. The number of hydrogen-bond donors (Lipinski definition) is 1. The number of benzene rings is 1. The lowest BCUT2D eigenvalue weighted by Crippen LogP contribution is -2.37. The third-order valence-electron chi connectivity index (χ3n) is 4.43. The molecule has 1 aromatic carbocycles. The molecule has 1 N–H and O–H groups in total. The van der Waals surface area contributed by atoms with Gasteiger partial charge < -0.3 is 9.84 Å². The van der Waals surface area contributed by atoms with Crippen molar-refractivity contribution < 1.29 is 4.52 Å². The van der Waals surface area contributed by atoms with Gasteiger partial charge in [0.1, 0.15) is 0 Å². The lowest BCUT2D eigenvalue weighted by Gasteiger charge is -2.30. The predicted molar refractivity (Wildman–Crippen MR) is 82.1 cm³/mol. The van der Waals surface area contributed by atoms with E-state index >= 15 is 0 Å². The summed E-state index contributed by atoms with van der Waals surface area (Å²) >= 11 is 0. The molecular weight excluding hydrogens is 262 g/mol. The van der Waals surface area contributed by atoms with Crippen LogP contribution in [0.15, 0.2) is 34.9 Å². The number of rotatable bonds is 5. The zero-order valence-electron chi connectivity index (χ0n) is 12.6. The van der Waals surface area contributed by atoms with Crippen LogP contribution in [-0.4, -0.2) is 23.2 Å². The topological polar surface area (TPSA) is 51.0 Å². The molecule has 21 heavy (non-hydrogen) atoms. The number of nitrogens with zero attached hydrogens (tertiary/aromatic N) is 2. The molecule has 1 aromatic heterocycles. The maximum atomic E-state index is 5.44. The van der Waals surface area contributed by atoms with Crippen molar-refractivity contribution in [2.45, 2.75) is 44.6 Å². The molecule has 1 saturated carbocycles. The summed E-state index contributed by atoms with van der Waals surface area (Å²) in [6.07, 6.45) is 6.78. The van der Waals surface area contributed by atoms with Crippen LogP contribution in [0.2, 0.25) is 0 Å². The Morgan fingerprint density at radius 1 is 1.19 bits per heavy atom. The van der Waals surface area contributed by atoms with Crippen LogP contribution in [0.1, 0.15) is 43.0 Å². The molecule has 1 aliphatic carbocycles. The van der Waals surface area contributed by atoms with Gasteiger partial charge in [-0.2, -0.15) is 4.98 Å². The second-order valence-corrected chi connectivity index (χ2v) is 5.91. The van der Waals surface area contributed by atoms with E-state index in [4.69, 9.17) is 4.52 Å². The normalized spacial score (nSPS) is 22.3. The first kappa shape index (κ1) is 14.3. The largest absolute Gasteiger partial charge is 0.339 e. The molecular formula is C17H23N3O. The van der Waals surface area contributed by atoms with Crippen LogP contribution in [0.3, 0.4) is 0 Å². The molecule has 0 bridgehead atoms. The van der Waals surface area contributed by atoms with Gasteiger partial charge in [-0.1, -0.05) is 48.3 Å². The number of aromatic nitrogens is 2. The summed E-state index contributed by atoms with van der Waals surface area (Å²) in [6.45, 7) is 0. The fourth-order valence-corrected chi connectivity index (χ4v) is 3.28. The molecule has 4 nitrogen and oxygen atoms in total. The first-order valence-electron chi connectivity index (χ1n) is 7.88. The van der Waals surface area contributed by atoms with Crippen molar-refractivity contribution in [1.29, 1.82) is 0 Å². The van der Waals surface area contributed by atoms with E-state index in [0.717, 1.165) is 24.6 Å². The lowest BCUT2D eigenvalue weighted by molar-refractivity contribution is 0.248. The van der Waals surface area contributed by atoms with Gasteiger partial charge in [0.25, 0.3) is 0 Å². The second kappa shape index (κ2) is 6.85. The standard InChI is InChI=1S/C17H23N3O/c1-18-15-10-6-5-9-14(15)12-17-19-16(20-21-17)11-13-7-3-2-4-8-13/h2-4,7-8,14-15,18H,5-6,9-12H2,1H3. The summed E-state index contributed by atoms with van der Waals surface area (Å²) in [5.74, 6) is 2.19. The van der Waals surface area contributed by atoms with E-state index in [-0.39, 0.29) is 0 Å². The van der Waals surface area contributed by atoms with Crippen molar-refractivity contribution in [1.82, 2.24) is 15.5 Å². The monoisotopic (exact) mass is 285 g/mol. The van der Waals surface area contributed by atoms with E-state index in [2.05, 4.69) is 34.6 Å². The van der Waals surface area contributed by atoms with Crippen molar-refractivity contribution in [3.05, 3.63) is 47.6 Å². The second-order valence-electron chi connectivity index (χ2n) is 5.91. The minimum Gasteiger partial charge on any atom is -0.339 e. The quantitative estimate of drug-likeness (QED) is 0.917. The molecule has 1 fully saturated rings. The van der Waals surface area contributed by atoms with Gasteiger partial charge in [0.05, 0.1) is 0 Å². The first-order valence-corrected chi connectivity index (χ1v) is 7.88. The molecule has 1 heterocycles. The Labute approximate surface area is 126 Å². The summed E-state index contributed by atoms with van der Waals surface area (Å²) in [6, 6.07) is 10.9. The minimum atomic E-state index is 0.586. The third-order valence-corrected chi connectivity index (χ3v) is 4.43. The van der Waals surface area contributed by atoms with E-state index < -0.39 is 0 Å². The van der Waals surface area contributed by atoms with Crippen LogP contribution in [0, 0.1) is 5.92 Å². The highest BCUT2D eigenvalue weighted by atomic mass is 16.5. The molecule has 2 atom stereocenters. The van der Waals surface area contributed by atoms with E-state index in [1.807, 2.05) is 18.2 Å². The van der Waals surface area contributed by atoms with Crippen LogP contribution in [0.4, 0.5) is 0 Å². The highest BCUT2D eigenvalue weighted by molar-refractivity contribution is 5.18. The maximum Gasteiger partial charge on any atom is 0.226 e. The minimum absolute atomic E-state index is 0.586. The van der Waals surface area contributed by atoms with Gasteiger partial charge >= 0.3 is 0 Å². The average molecular weight is 285 g/mol. The summed E-state index contributed by atoms with van der Waals surface area (Å²) in [5.41, 5.74) is 1.22. The highest BCUT2D eigenvalue weighted by Gasteiger charge is 2.25. The smallest absolute Gasteiger partial charge is 0.226 e. The molecule has 0 spiro atoms. The van der Waals surface area contributed by atoms with Crippen molar-refractivity contribution in [2.75, 3.05) is 7.05 Å². The fraction of sp³-hybridized carbons (Fsp3) is 0.529. The molecule has 1 aliphatic rings. The third kappa shape index (κ3) is 3.70. The molecule has 2 aromatic rings. The Morgan fingerprint density at radius 3 is 2.81 bits per heavy atom. The summed E-state index contributed by atoms with van der Waals surface area (Å²) < 4.78 is 5.44. The first-order chi connectivity index (χ1) is 10.3. The molecule has 2 unspecified atom stereocenters. The van der Waals surface area contributed by atoms with Crippen LogP contribution >= 0.6 is 0 Å². The lowest BCUT2D eigenvalue weighted by atomic mass is 9.82. The molecule has 0 aliphatic heterocycles. The van der Waals surface area contributed by atoms with Crippen LogP contribution in [0.5, 0.6) is 0 Å². The Balaban J connectivity index is 1.62. The summed E-state index contributed by atoms with van der Waals surface area (Å²) in [7, 11) is 2.05. The van der Waals surface area contributed by atoms with Gasteiger partial charge in [-0.25, -0.2) is 0 Å². The Hall–Kier alpha value is -1.68. The van der Waals surface area contributed by atoms with Gasteiger partial charge in [-0.3, -0.25) is 0 Å². The Kier molecular flexibility index (Phi) is 4.65. The van der Waals surface area contributed by atoms with Gasteiger partial charge in [0, 0.05) is 18.9 Å². The van der Waals surface area contributed by atoms with Gasteiger partial charge in [0.2, 0.25) is 5.89 Å².